The smallest absolute Gasteiger partial charge is 0.159 e. The second kappa shape index (κ2) is 5.82. The molecule has 0 saturated carbocycles. The van der Waals surface area contributed by atoms with E-state index in [1.165, 1.54) is 0 Å². The van der Waals surface area contributed by atoms with Crippen LogP contribution in [0.25, 0.3) is 0 Å². The summed E-state index contributed by atoms with van der Waals surface area (Å²) in [6.45, 7) is 4.45. The molecule has 0 N–H and O–H groups in total. The van der Waals surface area contributed by atoms with E-state index in [4.69, 9.17) is 0 Å². The minimum atomic E-state index is 0.0947. The molecule has 2 aromatic rings. The van der Waals surface area contributed by atoms with Crippen molar-refractivity contribution >= 4 is 17.5 Å². The molecule has 5 heteroatoms. The van der Waals surface area contributed by atoms with Gasteiger partial charge in [0.15, 0.2) is 5.78 Å². The van der Waals surface area contributed by atoms with Crippen LogP contribution in [0.3, 0.4) is 0 Å². The second-order valence-corrected chi connectivity index (χ2v) is 4.91. The molecule has 0 aliphatic carbocycles. The molecular weight excluding hydrogens is 246 g/mol. The molecule has 2 rings (SSSR count). The number of ketones is 1. The number of benzene rings is 1. The van der Waals surface area contributed by atoms with Gasteiger partial charge >= 0.3 is 0 Å². The number of hydrogen-bond donors (Lipinski definition) is 0. The fourth-order valence-electron chi connectivity index (χ4n) is 1.60. The van der Waals surface area contributed by atoms with Crippen molar-refractivity contribution in [3.05, 3.63) is 42.0 Å². The van der Waals surface area contributed by atoms with Gasteiger partial charge in [-0.3, -0.25) is 4.79 Å². The highest BCUT2D eigenvalue weighted by molar-refractivity contribution is 7.98. The summed E-state index contributed by atoms with van der Waals surface area (Å²) in [5.41, 5.74) is 0.746. The highest BCUT2D eigenvalue weighted by Crippen LogP contribution is 2.22. The average molecular weight is 261 g/mol. The van der Waals surface area contributed by atoms with Gasteiger partial charge in [0.25, 0.3) is 0 Å². The predicted molar refractivity (Wildman–Crippen MR) is 71.7 cm³/mol. The molecule has 0 aliphatic rings. The molecule has 1 heterocycles. The van der Waals surface area contributed by atoms with E-state index in [-0.39, 0.29) is 5.78 Å². The molecule has 0 amide bonds. The Morgan fingerprint density at radius 1 is 1.33 bits per heavy atom. The predicted octanol–water partition coefficient (Wildman–Crippen LogP) is 2.79. The van der Waals surface area contributed by atoms with Crippen LogP contribution < -0.4 is 0 Å². The fourth-order valence-corrected chi connectivity index (χ4v) is 2.45. The molecule has 94 valence electrons. The van der Waals surface area contributed by atoms with Crippen molar-refractivity contribution in [2.24, 2.45) is 0 Å². The van der Waals surface area contributed by atoms with Crippen LogP contribution >= 0.6 is 11.8 Å². The summed E-state index contributed by atoms with van der Waals surface area (Å²) in [4.78, 5) is 16.5. The minimum absolute atomic E-state index is 0.0947. The molecule has 4 nitrogen and oxygen atoms in total. The van der Waals surface area contributed by atoms with E-state index in [1.54, 1.807) is 25.0 Å². The van der Waals surface area contributed by atoms with Crippen LogP contribution in [0.4, 0.5) is 0 Å². The van der Waals surface area contributed by atoms with Crippen molar-refractivity contribution in [1.29, 1.82) is 0 Å². The largest absolute Gasteiger partial charge is 0.295 e. The highest BCUT2D eigenvalue weighted by Gasteiger charge is 2.04. The van der Waals surface area contributed by atoms with Crippen LogP contribution in [-0.2, 0) is 12.3 Å². The maximum atomic E-state index is 11.2. The molecule has 0 saturated heterocycles. The zero-order valence-corrected chi connectivity index (χ0v) is 11.3. The molecule has 0 atom stereocenters. The van der Waals surface area contributed by atoms with Gasteiger partial charge in [-0.05, 0) is 26.0 Å². The summed E-state index contributed by atoms with van der Waals surface area (Å²) < 4.78 is 1.89. The molecule has 1 aromatic carbocycles. The van der Waals surface area contributed by atoms with Gasteiger partial charge in [0.2, 0.25) is 0 Å². The summed E-state index contributed by atoms with van der Waals surface area (Å²) in [6, 6.07) is 7.65. The quantitative estimate of drug-likeness (QED) is 0.613. The number of hydrogen-bond acceptors (Lipinski definition) is 4. The van der Waals surface area contributed by atoms with Crippen molar-refractivity contribution in [2.45, 2.75) is 31.0 Å². The van der Waals surface area contributed by atoms with E-state index >= 15 is 0 Å². The lowest BCUT2D eigenvalue weighted by Crippen LogP contribution is -2.02. The molecule has 0 radical (unpaired) electrons. The first-order valence-corrected chi connectivity index (χ1v) is 6.79. The fraction of sp³-hybridized carbons (Fsp3) is 0.308. The Bertz CT molecular complexity index is 533. The Hall–Kier alpha value is -1.62. The molecule has 0 fully saturated rings. The van der Waals surface area contributed by atoms with Crippen molar-refractivity contribution < 1.29 is 4.79 Å². The second-order valence-electron chi connectivity index (χ2n) is 3.86. The van der Waals surface area contributed by atoms with Crippen molar-refractivity contribution in [3.8, 4) is 0 Å². The third kappa shape index (κ3) is 2.98. The first kappa shape index (κ1) is 12.8. The zero-order chi connectivity index (χ0) is 13.0. The van der Waals surface area contributed by atoms with Crippen LogP contribution in [0.1, 0.15) is 30.0 Å². The van der Waals surface area contributed by atoms with Gasteiger partial charge in [0, 0.05) is 17.0 Å². The van der Waals surface area contributed by atoms with E-state index < -0.39 is 0 Å². The summed E-state index contributed by atoms with van der Waals surface area (Å²) in [7, 11) is 0. The van der Waals surface area contributed by atoms with E-state index in [0.717, 1.165) is 28.6 Å². The lowest BCUT2D eigenvalue weighted by Gasteiger charge is -2.03. The molecule has 18 heavy (non-hydrogen) atoms. The minimum Gasteiger partial charge on any atom is -0.295 e. The summed E-state index contributed by atoms with van der Waals surface area (Å²) in [5, 5.41) is 4.13. The topological polar surface area (TPSA) is 47.8 Å². The molecule has 0 aliphatic heterocycles. The number of thioether (sulfide) groups is 1. The Labute approximate surface area is 110 Å². The van der Waals surface area contributed by atoms with Gasteiger partial charge in [-0.15, -0.1) is 11.8 Å². The number of carbonyl (C=O) groups is 1. The Morgan fingerprint density at radius 2 is 2.06 bits per heavy atom. The van der Waals surface area contributed by atoms with E-state index in [2.05, 4.69) is 10.1 Å². The Balaban J connectivity index is 2.00. The number of aryl methyl sites for hydroxylation is 1. The van der Waals surface area contributed by atoms with Gasteiger partial charge < -0.3 is 0 Å². The van der Waals surface area contributed by atoms with Gasteiger partial charge in [0.05, 0.1) is 5.75 Å². The Morgan fingerprint density at radius 3 is 2.67 bits per heavy atom. The summed E-state index contributed by atoms with van der Waals surface area (Å²) in [6.07, 6.45) is 1.58. The van der Waals surface area contributed by atoms with Crippen LogP contribution in [-0.4, -0.2) is 20.5 Å². The maximum Gasteiger partial charge on any atom is 0.159 e. The number of carbonyl (C=O) groups excluding carboxylic acids is 1. The van der Waals surface area contributed by atoms with E-state index in [1.807, 2.05) is 35.9 Å². The first-order valence-electron chi connectivity index (χ1n) is 5.81. The number of Topliss-reactive ketones (excluding diaryl/α,β-unsaturated/α-hetero) is 1. The number of rotatable bonds is 5. The summed E-state index contributed by atoms with van der Waals surface area (Å²) >= 11 is 1.69. The van der Waals surface area contributed by atoms with Crippen molar-refractivity contribution in [3.63, 3.8) is 0 Å². The monoisotopic (exact) mass is 261 g/mol. The van der Waals surface area contributed by atoms with Gasteiger partial charge in [-0.25, -0.2) is 9.67 Å². The van der Waals surface area contributed by atoms with Crippen molar-refractivity contribution in [2.75, 3.05) is 0 Å². The van der Waals surface area contributed by atoms with Crippen LogP contribution in [0.5, 0.6) is 0 Å². The van der Waals surface area contributed by atoms with Crippen LogP contribution in [0.15, 0.2) is 35.5 Å². The molecule has 0 unspecified atom stereocenters. The SMILES string of the molecule is CCn1ncnc1CSc1ccc(C(C)=O)cc1. The van der Waals surface area contributed by atoms with E-state index in [0.29, 0.717) is 0 Å². The number of nitrogens with zero attached hydrogens (tertiary/aromatic N) is 3. The molecular formula is C13H15N3OS. The molecule has 0 spiro atoms. The van der Waals surface area contributed by atoms with Gasteiger partial charge in [-0.2, -0.15) is 5.10 Å². The lowest BCUT2D eigenvalue weighted by molar-refractivity contribution is 0.101. The van der Waals surface area contributed by atoms with Crippen molar-refractivity contribution in [1.82, 2.24) is 14.8 Å². The van der Waals surface area contributed by atoms with Crippen LogP contribution in [0, 0.1) is 0 Å². The summed E-state index contributed by atoms with van der Waals surface area (Å²) in [5.74, 6) is 1.85. The Kier molecular flexibility index (Phi) is 4.15. The third-order valence-electron chi connectivity index (χ3n) is 2.62. The maximum absolute atomic E-state index is 11.2. The van der Waals surface area contributed by atoms with Crippen LogP contribution in [0.2, 0.25) is 0 Å². The van der Waals surface area contributed by atoms with E-state index in [9.17, 15) is 4.79 Å². The zero-order valence-electron chi connectivity index (χ0n) is 10.5. The average Bonchev–Trinajstić information content (AvgIpc) is 2.84. The third-order valence-corrected chi connectivity index (χ3v) is 3.63. The standard InChI is InChI=1S/C13H15N3OS/c1-3-16-13(14-9-15-16)8-18-12-6-4-11(5-7-12)10(2)17/h4-7,9H,3,8H2,1-2H3. The highest BCUT2D eigenvalue weighted by atomic mass is 32.2. The first-order chi connectivity index (χ1) is 8.70. The van der Waals surface area contributed by atoms with Gasteiger partial charge in [-0.1, -0.05) is 12.1 Å². The number of aromatic nitrogens is 3. The van der Waals surface area contributed by atoms with Gasteiger partial charge in [0.1, 0.15) is 12.2 Å². The normalized spacial score (nSPS) is 10.6. The molecule has 1 aromatic heterocycles. The molecule has 0 bridgehead atoms. The lowest BCUT2D eigenvalue weighted by atomic mass is 10.2.